The maximum Gasteiger partial charge on any atom is 0.246 e. The number of amides is 6. The molecular formula is C58H82Cl2N8O8. The number of ketones is 2. The zero-order valence-electron chi connectivity index (χ0n) is 45.7. The Hall–Kier alpha value is -5.68. The van der Waals surface area contributed by atoms with Gasteiger partial charge in [0.25, 0.3) is 0 Å². The lowest BCUT2D eigenvalue weighted by Crippen LogP contribution is -2.59. The summed E-state index contributed by atoms with van der Waals surface area (Å²) < 4.78 is 0. The minimum atomic E-state index is -1.01. The van der Waals surface area contributed by atoms with Crippen molar-refractivity contribution in [1.29, 1.82) is 0 Å². The zero-order valence-corrected chi connectivity index (χ0v) is 47.3. The van der Waals surface area contributed by atoms with Crippen molar-refractivity contribution < 1.29 is 38.4 Å². The lowest BCUT2D eigenvalue weighted by molar-refractivity contribution is -0.144. The van der Waals surface area contributed by atoms with Crippen molar-refractivity contribution in [3.63, 3.8) is 0 Å². The van der Waals surface area contributed by atoms with Gasteiger partial charge in [0.15, 0.2) is 11.6 Å². The van der Waals surface area contributed by atoms with Gasteiger partial charge in [-0.15, -0.1) is 24.8 Å². The second-order valence-electron chi connectivity index (χ2n) is 22.1. The zero-order chi connectivity index (χ0) is 53.9. The number of aryl methyl sites for hydroxylation is 2. The van der Waals surface area contributed by atoms with Crippen molar-refractivity contribution in [3.8, 4) is 0 Å². The van der Waals surface area contributed by atoms with Crippen LogP contribution in [0.3, 0.4) is 0 Å². The fourth-order valence-corrected chi connectivity index (χ4v) is 10.5. The van der Waals surface area contributed by atoms with E-state index in [-0.39, 0.29) is 117 Å². The summed E-state index contributed by atoms with van der Waals surface area (Å²) in [5, 5.41) is 20.9. The van der Waals surface area contributed by atoms with E-state index in [2.05, 4.69) is 49.4 Å². The van der Waals surface area contributed by atoms with Crippen molar-refractivity contribution in [2.75, 3.05) is 20.6 Å². The molecule has 416 valence electrons. The maximum atomic E-state index is 14.7. The molecule has 1 fully saturated rings. The first-order chi connectivity index (χ1) is 35.2. The number of benzene rings is 3. The highest BCUT2D eigenvalue weighted by atomic mass is 35.5. The number of nitrogens with one attached hydrogen (secondary N) is 7. The third-order valence-electron chi connectivity index (χ3n) is 15.2. The number of rotatable bonds is 22. The molecule has 3 aromatic rings. The predicted octanol–water partition coefficient (Wildman–Crippen LogP) is 6.43. The normalized spacial score (nSPS) is 19.8. The largest absolute Gasteiger partial charge is 0.348 e. The molecule has 6 amide bonds. The van der Waals surface area contributed by atoms with Crippen molar-refractivity contribution in [1.82, 2.24) is 42.1 Å². The Labute approximate surface area is 461 Å². The SMILES string of the molecule is CN[C@@H](C)C(=O)N[C@H](C(=O)N[C@@H](CCCC(=O)c1cccc(C(=O)C[C@H]2C[C@@H](C(=O)N[C@@H]3CCCc4ccccc43)N(C(=O)[C@@H](NC(=O)[C@H](C)NC)C(C)(C)C)C2)c1)C(=O)N[C@@H]1CCCc2ccccc21)C(C)C.Cl.Cl. The fraction of sp³-hybridized carbons (Fsp3) is 0.552. The molecule has 9 atom stereocenters. The minimum absolute atomic E-state index is 0. The molecule has 7 N–H and O–H groups in total. The summed E-state index contributed by atoms with van der Waals surface area (Å²) in [5.41, 5.74) is 4.35. The van der Waals surface area contributed by atoms with E-state index in [9.17, 15) is 38.4 Å². The van der Waals surface area contributed by atoms with E-state index in [0.29, 0.717) is 11.1 Å². The summed E-state index contributed by atoms with van der Waals surface area (Å²) in [7, 11) is 3.31. The Morgan fingerprint density at radius 3 is 1.74 bits per heavy atom. The molecular weight excluding hydrogens is 1010 g/mol. The van der Waals surface area contributed by atoms with Crippen molar-refractivity contribution in [2.24, 2.45) is 17.3 Å². The maximum absolute atomic E-state index is 14.7. The van der Waals surface area contributed by atoms with E-state index in [0.717, 1.165) is 55.2 Å². The first-order valence-corrected chi connectivity index (χ1v) is 26.7. The highest BCUT2D eigenvalue weighted by Gasteiger charge is 2.46. The average Bonchev–Trinajstić information content (AvgIpc) is 3.81. The molecule has 0 saturated carbocycles. The Bertz CT molecular complexity index is 2530. The molecule has 6 rings (SSSR count). The van der Waals surface area contributed by atoms with Crippen LogP contribution in [0, 0.1) is 17.3 Å². The number of carbonyl (C=O) groups is 8. The van der Waals surface area contributed by atoms with Gasteiger partial charge in [-0.3, -0.25) is 38.4 Å². The van der Waals surface area contributed by atoms with E-state index < -0.39 is 59.4 Å². The number of hydrogen-bond donors (Lipinski definition) is 7. The predicted molar refractivity (Wildman–Crippen MR) is 299 cm³/mol. The highest BCUT2D eigenvalue weighted by Crippen LogP contribution is 2.34. The number of hydrogen-bond acceptors (Lipinski definition) is 10. The van der Waals surface area contributed by atoms with Crippen LogP contribution < -0.4 is 37.2 Å². The topological polar surface area (TPSA) is 224 Å². The van der Waals surface area contributed by atoms with Crippen LogP contribution >= 0.6 is 24.8 Å². The molecule has 0 aromatic heterocycles. The fourth-order valence-electron chi connectivity index (χ4n) is 10.5. The average molecular weight is 1090 g/mol. The molecule has 18 heteroatoms. The van der Waals surface area contributed by atoms with Gasteiger partial charge in [-0.1, -0.05) is 101 Å². The number of fused-ring (bicyclic) bond motifs is 2. The Balaban J connectivity index is 0.00000624. The van der Waals surface area contributed by atoms with Crippen LogP contribution in [0.15, 0.2) is 72.8 Å². The summed E-state index contributed by atoms with van der Waals surface area (Å²) in [6, 6.07) is 17.2. The van der Waals surface area contributed by atoms with Crippen LogP contribution in [0.4, 0.5) is 0 Å². The smallest absolute Gasteiger partial charge is 0.246 e. The number of halogens is 2. The molecule has 3 aromatic carbocycles. The van der Waals surface area contributed by atoms with Gasteiger partial charge in [0.05, 0.1) is 24.2 Å². The molecule has 1 heterocycles. The first-order valence-electron chi connectivity index (χ1n) is 26.7. The number of likely N-dealkylation sites (tertiary alicyclic amines) is 1. The Morgan fingerprint density at radius 1 is 0.645 bits per heavy atom. The van der Waals surface area contributed by atoms with Crippen LogP contribution in [0.25, 0.3) is 0 Å². The van der Waals surface area contributed by atoms with E-state index in [1.807, 2.05) is 71.0 Å². The van der Waals surface area contributed by atoms with Crippen molar-refractivity contribution in [3.05, 3.63) is 106 Å². The van der Waals surface area contributed by atoms with E-state index in [4.69, 9.17) is 0 Å². The minimum Gasteiger partial charge on any atom is -0.348 e. The van der Waals surface area contributed by atoms with Gasteiger partial charge in [0, 0.05) is 30.5 Å². The van der Waals surface area contributed by atoms with E-state index in [1.165, 1.54) is 10.5 Å². The monoisotopic (exact) mass is 1090 g/mol. The van der Waals surface area contributed by atoms with Gasteiger partial charge < -0.3 is 42.1 Å². The molecule has 76 heavy (non-hydrogen) atoms. The van der Waals surface area contributed by atoms with Crippen LogP contribution in [0.2, 0.25) is 0 Å². The quantitative estimate of drug-likeness (QED) is 0.0546. The van der Waals surface area contributed by atoms with Crippen LogP contribution in [0.5, 0.6) is 0 Å². The molecule has 0 spiro atoms. The van der Waals surface area contributed by atoms with Gasteiger partial charge in [0.2, 0.25) is 35.4 Å². The van der Waals surface area contributed by atoms with Crippen LogP contribution in [0.1, 0.15) is 161 Å². The summed E-state index contributed by atoms with van der Waals surface area (Å²) in [6.07, 6.45) is 5.73. The van der Waals surface area contributed by atoms with Gasteiger partial charge in [-0.25, -0.2) is 0 Å². The molecule has 3 aliphatic rings. The molecule has 2 aliphatic carbocycles. The third kappa shape index (κ3) is 16.2. The number of nitrogens with zero attached hydrogens (tertiary/aromatic N) is 1. The molecule has 0 unspecified atom stereocenters. The standard InChI is InChI=1S/C58H80N8O8.2ClH/c1-34(2)50(64-52(69)35(3)59-8)56(73)63-46(54(71)61-44-26-15-20-38-18-10-12-24-42(38)44)28-17-29-48(67)40-22-14-23-41(32-40)49(68)31-37-30-47(55(72)62-45-27-16-21-39-19-11-13-25-43(39)45)66(33-37)57(74)51(58(5,6)7)65-53(70)36(4)60-9;;/h10-14,18-19,22-25,32,34-37,44-47,50-51,59-60H,15-17,20-21,26-31,33H2,1-9H3,(H,61,71)(H,62,72)(H,63,73)(H,64,69)(H,65,70);2*1H/t35-,36-,37+,44+,45+,46-,47-,50-,51+;;/m0../s1. The van der Waals surface area contributed by atoms with Crippen LogP contribution in [-0.2, 0) is 41.6 Å². The van der Waals surface area contributed by atoms with E-state index >= 15 is 0 Å². The number of Topliss-reactive ketones (excluding diaryl/α,β-unsaturated/α-hetero) is 2. The van der Waals surface area contributed by atoms with Crippen molar-refractivity contribution >= 4 is 71.8 Å². The molecule has 1 aliphatic heterocycles. The second-order valence-corrected chi connectivity index (χ2v) is 22.1. The molecule has 0 bridgehead atoms. The lowest BCUT2D eigenvalue weighted by Gasteiger charge is -2.36. The molecule has 1 saturated heterocycles. The van der Waals surface area contributed by atoms with Crippen LogP contribution in [-0.4, -0.2) is 109 Å². The van der Waals surface area contributed by atoms with Gasteiger partial charge in [-0.2, -0.15) is 0 Å². The third-order valence-corrected chi connectivity index (χ3v) is 15.2. The molecule has 0 radical (unpaired) electrons. The highest BCUT2D eigenvalue weighted by molar-refractivity contribution is 6.02. The van der Waals surface area contributed by atoms with Gasteiger partial charge in [-0.05, 0) is 131 Å². The Kier molecular flexibility index (Phi) is 23.7. The van der Waals surface area contributed by atoms with Gasteiger partial charge in [0.1, 0.15) is 24.2 Å². The summed E-state index contributed by atoms with van der Waals surface area (Å²) in [6.45, 7) is 12.7. The molecule has 16 nitrogen and oxygen atoms in total. The number of likely N-dealkylation sites (N-methyl/N-ethyl adjacent to an activating group) is 2. The summed E-state index contributed by atoms with van der Waals surface area (Å²) >= 11 is 0. The summed E-state index contributed by atoms with van der Waals surface area (Å²) in [5.74, 6) is -3.49. The second kappa shape index (κ2) is 28.6. The summed E-state index contributed by atoms with van der Waals surface area (Å²) in [4.78, 5) is 113. The van der Waals surface area contributed by atoms with E-state index in [1.54, 1.807) is 52.2 Å². The van der Waals surface area contributed by atoms with Crippen molar-refractivity contribution in [2.45, 2.75) is 167 Å². The first kappa shape index (κ1) is 62.9. The number of carbonyl (C=O) groups excluding carboxylic acids is 8. The lowest BCUT2D eigenvalue weighted by atomic mass is 9.85. The Morgan fingerprint density at radius 2 is 1.18 bits per heavy atom. The van der Waals surface area contributed by atoms with Gasteiger partial charge >= 0.3 is 0 Å².